The van der Waals surface area contributed by atoms with Crippen LogP contribution in [0, 0.1) is 23.7 Å². The highest BCUT2D eigenvalue weighted by molar-refractivity contribution is 8.00. The number of carbonyl (C=O) groups is 4. The summed E-state index contributed by atoms with van der Waals surface area (Å²) in [4.78, 5) is 58.0. The number of nitrogens with zero attached hydrogens (tertiary/aromatic N) is 10. The molecule has 66 heavy (non-hydrogen) atoms. The second-order valence-electron chi connectivity index (χ2n) is 18.0. The molecule has 0 spiro atoms. The minimum Gasteiger partial charge on any atom is -0.363 e. The molecule has 2 aliphatic heterocycles. The first-order valence-electron chi connectivity index (χ1n) is 21.9. The number of nitrogens with one attached hydrogen (secondary N) is 4. The van der Waals surface area contributed by atoms with Crippen molar-refractivity contribution in [3.05, 3.63) is 0 Å². The third kappa shape index (κ3) is 17.7. The van der Waals surface area contributed by atoms with Gasteiger partial charge in [-0.3, -0.25) is 19.2 Å². The van der Waals surface area contributed by atoms with Gasteiger partial charge >= 0.3 is 0 Å². The number of likely N-dealkylation sites (N-methyl/N-ethyl adjacent to an activating group) is 2. The molecule has 0 aromatic carbocycles. The highest BCUT2D eigenvalue weighted by atomic mass is 35.5. The van der Waals surface area contributed by atoms with Crippen LogP contribution in [0.15, 0.2) is 10.3 Å². The van der Waals surface area contributed by atoms with Crippen molar-refractivity contribution in [2.24, 2.45) is 0 Å². The summed E-state index contributed by atoms with van der Waals surface area (Å²) in [5.41, 5.74) is 0. The summed E-state index contributed by atoms with van der Waals surface area (Å²) in [5.74, 6) is 10.0. The number of likely N-dealkylation sites (tertiary alicyclic amines) is 2. The maximum Gasteiger partial charge on any atom is 0.248 e. The molecule has 4 N–H and O–H groups in total. The maximum absolute atomic E-state index is 14.2. The van der Waals surface area contributed by atoms with Gasteiger partial charge in [0, 0.05) is 22.6 Å². The largest absolute Gasteiger partial charge is 0.363 e. The Labute approximate surface area is 410 Å². The van der Waals surface area contributed by atoms with E-state index in [-0.39, 0.29) is 83.2 Å². The van der Waals surface area contributed by atoms with Crippen molar-refractivity contribution in [3.63, 3.8) is 0 Å². The van der Waals surface area contributed by atoms with Crippen LogP contribution >= 0.6 is 48.3 Å². The van der Waals surface area contributed by atoms with Crippen molar-refractivity contribution in [3.8, 4) is 23.7 Å². The Balaban J connectivity index is 0.00000748. The van der Waals surface area contributed by atoms with Crippen molar-refractivity contribution in [1.82, 2.24) is 71.5 Å². The molecule has 2 aromatic heterocycles. The standard InChI is InChI=1S/C42H68N14O6S2.2ClH/c1-27(43-11)35(57)45-33(37(59)53-21-17-19-31(53)25-55-39(47-49-51-55)63-41(5,6)7)29(3)61-23-15-13-14-16-24-62-30(4)34(46-36(58)28(2)44-12)38(60)54-22-18-20-32(54)26-56-40(48-50-52-56)64-42(8,9)10;;/h27-34,43-44H,17-26H2,1-12H3,(H,45,57)(H,46,58);2*1H/t27-,28+,29+,30-,31-,32+,33-,34+;;. The van der Waals surface area contributed by atoms with Gasteiger partial charge in [0.2, 0.25) is 33.9 Å². The number of ether oxygens (including phenoxy) is 2. The van der Waals surface area contributed by atoms with Crippen LogP contribution in [0.3, 0.4) is 0 Å². The molecule has 2 saturated heterocycles. The van der Waals surface area contributed by atoms with Gasteiger partial charge in [0.25, 0.3) is 0 Å². The minimum atomic E-state index is -0.975. The number of tetrazole rings is 2. The third-order valence-corrected chi connectivity index (χ3v) is 12.9. The molecule has 370 valence electrons. The van der Waals surface area contributed by atoms with Crippen molar-refractivity contribution >= 4 is 72.0 Å². The van der Waals surface area contributed by atoms with Gasteiger partial charge < -0.3 is 40.5 Å². The van der Waals surface area contributed by atoms with Gasteiger partial charge in [-0.2, -0.15) is 0 Å². The molecule has 0 unspecified atom stereocenters. The van der Waals surface area contributed by atoms with E-state index in [1.807, 2.05) is 0 Å². The smallest absolute Gasteiger partial charge is 0.248 e. The average Bonchev–Trinajstić information content (AvgIpc) is 4.07. The number of hydrogen-bond acceptors (Lipinski definition) is 16. The first kappa shape index (κ1) is 58.4. The molecule has 20 nitrogen and oxygen atoms in total. The molecule has 0 radical (unpaired) electrons. The lowest BCUT2D eigenvalue weighted by molar-refractivity contribution is -0.142. The fraction of sp³-hybridized carbons (Fsp3) is 0.762. The highest BCUT2D eigenvalue weighted by Crippen LogP contribution is 2.32. The van der Waals surface area contributed by atoms with E-state index in [9.17, 15) is 19.2 Å². The van der Waals surface area contributed by atoms with Gasteiger partial charge in [0.1, 0.15) is 25.3 Å². The Morgan fingerprint density at radius 3 is 1.36 bits per heavy atom. The van der Waals surface area contributed by atoms with Crippen molar-refractivity contribution in [2.45, 2.75) is 176 Å². The van der Waals surface area contributed by atoms with Crippen LogP contribution in [0.4, 0.5) is 0 Å². The van der Waals surface area contributed by atoms with E-state index < -0.39 is 36.4 Å². The lowest BCUT2D eigenvalue weighted by Gasteiger charge is -2.32. The van der Waals surface area contributed by atoms with Crippen LogP contribution in [-0.2, 0) is 41.7 Å². The molecule has 0 bridgehead atoms. The van der Waals surface area contributed by atoms with Crippen LogP contribution in [0.5, 0.6) is 0 Å². The van der Waals surface area contributed by atoms with Crippen LogP contribution in [0.1, 0.15) is 94.9 Å². The number of carbonyl (C=O) groups excluding carboxylic acids is 4. The van der Waals surface area contributed by atoms with Gasteiger partial charge in [-0.05, 0) is 100 Å². The fourth-order valence-electron chi connectivity index (χ4n) is 6.98. The van der Waals surface area contributed by atoms with Gasteiger partial charge in [-0.25, -0.2) is 9.36 Å². The zero-order chi connectivity index (χ0) is 47.2. The molecular formula is C42H70Cl2N14O6S2. The predicted octanol–water partition coefficient (Wildman–Crippen LogP) is 1.97. The van der Waals surface area contributed by atoms with Gasteiger partial charge in [0.15, 0.2) is 0 Å². The molecule has 0 aliphatic carbocycles. The molecule has 24 heteroatoms. The van der Waals surface area contributed by atoms with Crippen LogP contribution < -0.4 is 21.3 Å². The van der Waals surface area contributed by atoms with Gasteiger partial charge in [0.05, 0.1) is 49.5 Å². The van der Waals surface area contributed by atoms with E-state index in [0.29, 0.717) is 36.5 Å². The van der Waals surface area contributed by atoms with E-state index in [2.05, 4.69) is 118 Å². The summed E-state index contributed by atoms with van der Waals surface area (Å²) in [6.45, 7) is 21.2. The molecule has 2 aromatic rings. The van der Waals surface area contributed by atoms with E-state index >= 15 is 0 Å². The summed E-state index contributed by atoms with van der Waals surface area (Å²) in [6, 6.07) is -3.37. The Bertz CT molecular complexity index is 1870. The van der Waals surface area contributed by atoms with Crippen LogP contribution in [0.25, 0.3) is 0 Å². The van der Waals surface area contributed by atoms with Crippen LogP contribution in [0.2, 0.25) is 0 Å². The van der Waals surface area contributed by atoms with Gasteiger partial charge in [-0.1, -0.05) is 76.9 Å². The summed E-state index contributed by atoms with van der Waals surface area (Å²) in [6.07, 6.45) is 1.68. The molecule has 8 atom stereocenters. The SMILES string of the molecule is CN[C@@H](C)C(=O)N[C@H](C(=O)N1CCC[C@H]1Cn1nnnc1SC(C)(C)C)[C@@H](C)OCC#CC#CCO[C@@H](C)[C@@H](NC(=O)[C@@H](C)NC)C(=O)N1CCC[C@@H]1Cn1nnnc1SC(C)(C)C.Cl.Cl. The number of rotatable bonds is 20. The number of hydrogen-bond donors (Lipinski definition) is 4. The van der Waals surface area contributed by atoms with Crippen LogP contribution in [-0.4, -0.2) is 172 Å². The van der Waals surface area contributed by atoms with E-state index in [1.165, 1.54) is 0 Å². The molecule has 0 saturated carbocycles. The number of thioether (sulfide) groups is 2. The zero-order valence-corrected chi connectivity index (χ0v) is 43.5. The summed E-state index contributed by atoms with van der Waals surface area (Å²) in [5, 5.41) is 37.5. The molecule has 4 rings (SSSR count). The molecule has 4 amide bonds. The normalized spacial score (nSPS) is 18.8. The van der Waals surface area contributed by atoms with Crippen molar-refractivity contribution < 1.29 is 28.7 Å². The Kier molecular flexibility index (Phi) is 24.2. The molecular weight excluding hydrogens is 932 g/mol. The third-order valence-electron chi connectivity index (χ3n) is 10.7. The van der Waals surface area contributed by atoms with E-state index in [1.54, 1.807) is 84.5 Å². The Morgan fingerprint density at radius 1 is 0.667 bits per heavy atom. The monoisotopic (exact) mass is 1000 g/mol. The molecule has 4 heterocycles. The lowest BCUT2D eigenvalue weighted by atomic mass is 10.1. The second-order valence-corrected chi connectivity index (χ2v) is 21.6. The van der Waals surface area contributed by atoms with E-state index in [4.69, 9.17) is 9.47 Å². The molecule has 2 aliphatic rings. The molecule has 2 fully saturated rings. The predicted molar refractivity (Wildman–Crippen MR) is 258 cm³/mol. The summed E-state index contributed by atoms with van der Waals surface area (Å²) in [7, 11) is 3.35. The van der Waals surface area contributed by atoms with Crippen molar-refractivity contribution in [2.75, 3.05) is 40.4 Å². The summed E-state index contributed by atoms with van der Waals surface area (Å²) >= 11 is 3.11. The topological polar surface area (TPSA) is 229 Å². The maximum atomic E-state index is 14.2. The fourth-order valence-corrected chi connectivity index (χ4v) is 8.66. The van der Waals surface area contributed by atoms with Gasteiger partial charge in [-0.15, -0.1) is 35.0 Å². The Morgan fingerprint density at radius 2 is 1.03 bits per heavy atom. The highest BCUT2D eigenvalue weighted by Gasteiger charge is 2.40. The first-order valence-corrected chi connectivity index (χ1v) is 23.5. The second kappa shape index (κ2) is 27.3. The zero-order valence-electron chi connectivity index (χ0n) is 40.2. The van der Waals surface area contributed by atoms with Crippen molar-refractivity contribution in [1.29, 1.82) is 0 Å². The summed E-state index contributed by atoms with van der Waals surface area (Å²) < 4.78 is 15.3. The quantitative estimate of drug-likeness (QED) is 0.110. The number of amides is 4. The minimum absolute atomic E-state index is 0. The Hall–Kier alpha value is -3.74. The lowest BCUT2D eigenvalue weighted by Crippen LogP contribution is -2.58. The van der Waals surface area contributed by atoms with E-state index in [0.717, 1.165) is 25.7 Å². The average molecular weight is 1000 g/mol. The number of aromatic nitrogens is 8. The first-order chi connectivity index (χ1) is 30.2. The number of halogens is 2.